The van der Waals surface area contributed by atoms with Crippen molar-refractivity contribution in [1.82, 2.24) is 9.55 Å². The first-order valence-electron chi connectivity index (χ1n) is 12.3. The number of fused-ring (bicyclic) bond motifs is 5. The fourth-order valence-corrected chi connectivity index (χ4v) is 5.58. The Kier molecular flexibility index (Phi) is 4.78. The van der Waals surface area contributed by atoms with E-state index in [1.54, 1.807) is 7.11 Å². The third-order valence-electron chi connectivity index (χ3n) is 7.35. The molecule has 4 heteroatoms. The minimum atomic E-state index is 0.173. The Labute approximate surface area is 209 Å². The van der Waals surface area contributed by atoms with Crippen LogP contribution in [0.3, 0.4) is 0 Å². The number of aromatic nitrogens is 2. The predicted molar refractivity (Wildman–Crippen MR) is 147 cm³/mol. The van der Waals surface area contributed by atoms with Crippen LogP contribution < -0.4 is 10.1 Å². The lowest BCUT2D eigenvalue weighted by Crippen LogP contribution is -2.05. The lowest BCUT2D eigenvalue weighted by Gasteiger charge is -2.18. The molecule has 1 aliphatic heterocycles. The molecular weight excluding hydrogens is 442 g/mol. The van der Waals surface area contributed by atoms with Crippen molar-refractivity contribution >= 4 is 33.2 Å². The molecule has 0 saturated heterocycles. The van der Waals surface area contributed by atoms with Gasteiger partial charge in [0.1, 0.15) is 5.75 Å². The SMILES string of the molecule is COc1ccc(-n2cc([C@H]3Cc4ccccc4Nc4c3ccc3cccnc43)c3ccccc32)cc1. The van der Waals surface area contributed by atoms with Crippen molar-refractivity contribution < 1.29 is 4.74 Å². The molecule has 0 aliphatic carbocycles. The van der Waals surface area contributed by atoms with Crippen molar-refractivity contribution in [2.24, 2.45) is 0 Å². The minimum absolute atomic E-state index is 0.173. The maximum absolute atomic E-state index is 5.39. The zero-order chi connectivity index (χ0) is 24.1. The first-order valence-corrected chi connectivity index (χ1v) is 12.3. The molecular formula is C32H25N3O. The number of anilines is 2. The summed E-state index contributed by atoms with van der Waals surface area (Å²) in [5.41, 5.74) is 9.48. The molecule has 4 nitrogen and oxygen atoms in total. The number of pyridine rings is 1. The standard InChI is InChI=1S/C32H25N3O/c1-36-24-15-13-23(14-16-24)35-20-28(25-9-3-5-11-30(25)35)27-19-22-7-2-4-10-29(22)34-32-26(27)17-12-21-8-6-18-33-31(21)32/h2-18,20,27,34H,19H2,1H3/t27-/m0/s1. The highest BCUT2D eigenvalue weighted by Gasteiger charge is 2.28. The van der Waals surface area contributed by atoms with E-state index in [1.807, 2.05) is 24.4 Å². The van der Waals surface area contributed by atoms with Crippen LogP contribution in [0.4, 0.5) is 11.4 Å². The average molecular weight is 468 g/mol. The van der Waals surface area contributed by atoms with Gasteiger partial charge in [-0.2, -0.15) is 0 Å². The van der Waals surface area contributed by atoms with Gasteiger partial charge in [0, 0.05) is 40.5 Å². The summed E-state index contributed by atoms with van der Waals surface area (Å²) in [5, 5.41) is 6.17. The largest absolute Gasteiger partial charge is 0.497 e. The smallest absolute Gasteiger partial charge is 0.119 e. The number of ether oxygens (including phenoxy) is 1. The van der Waals surface area contributed by atoms with Crippen LogP contribution in [0.2, 0.25) is 0 Å². The molecule has 4 aromatic carbocycles. The van der Waals surface area contributed by atoms with Gasteiger partial charge in [-0.25, -0.2) is 0 Å². The summed E-state index contributed by atoms with van der Waals surface area (Å²) < 4.78 is 7.69. The van der Waals surface area contributed by atoms with E-state index in [1.165, 1.54) is 27.6 Å². The molecule has 174 valence electrons. The molecule has 0 unspecified atom stereocenters. The molecule has 3 heterocycles. The Hall–Kier alpha value is -4.57. The summed E-state index contributed by atoms with van der Waals surface area (Å²) in [6, 6.07) is 34.2. The molecule has 1 N–H and O–H groups in total. The molecule has 1 atom stereocenters. The number of hydrogen-bond donors (Lipinski definition) is 1. The van der Waals surface area contributed by atoms with Crippen molar-refractivity contribution in [2.75, 3.05) is 12.4 Å². The number of para-hydroxylation sites is 2. The van der Waals surface area contributed by atoms with Gasteiger partial charge in [0.05, 0.1) is 23.8 Å². The number of rotatable bonds is 3. The Balaban J connectivity index is 1.48. The maximum Gasteiger partial charge on any atom is 0.119 e. The quantitative estimate of drug-likeness (QED) is 0.291. The molecule has 0 spiro atoms. The number of hydrogen-bond acceptors (Lipinski definition) is 3. The third kappa shape index (κ3) is 3.26. The van der Waals surface area contributed by atoms with E-state index in [-0.39, 0.29) is 5.92 Å². The van der Waals surface area contributed by atoms with Gasteiger partial charge < -0.3 is 14.6 Å². The third-order valence-corrected chi connectivity index (χ3v) is 7.35. The Morgan fingerprint density at radius 1 is 0.833 bits per heavy atom. The molecule has 1 aliphatic rings. The van der Waals surface area contributed by atoms with Gasteiger partial charge in [-0.1, -0.05) is 54.6 Å². The van der Waals surface area contributed by atoms with E-state index in [0.717, 1.165) is 40.1 Å². The van der Waals surface area contributed by atoms with Crippen LogP contribution in [0.25, 0.3) is 27.5 Å². The molecule has 6 aromatic rings. The average Bonchev–Trinajstić information content (AvgIpc) is 3.23. The number of benzene rings is 4. The first kappa shape index (κ1) is 20.8. The van der Waals surface area contributed by atoms with E-state index >= 15 is 0 Å². The summed E-state index contributed by atoms with van der Waals surface area (Å²) in [5.74, 6) is 1.03. The van der Waals surface area contributed by atoms with Gasteiger partial charge in [0.25, 0.3) is 0 Å². The van der Waals surface area contributed by atoms with E-state index in [0.29, 0.717) is 0 Å². The second-order valence-electron chi connectivity index (χ2n) is 9.31. The van der Waals surface area contributed by atoms with Gasteiger partial charge in [-0.05, 0) is 65.6 Å². The van der Waals surface area contributed by atoms with Crippen LogP contribution in [-0.4, -0.2) is 16.7 Å². The summed E-state index contributed by atoms with van der Waals surface area (Å²) in [6.07, 6.45) is 5.11. The maximum atomic E-state index is 5.39. The Morgan fingerprint density at radius 3 is 2.56 bits per heavy atom. The lowest BCUT2D eigenvalue weighted by atomic mass is 9.85. The lowest BCUT2D eigenvalue weighted by molar-refractivity contribution is 0.415. The Morgan fingerprint density at radius 2 is 1.67 bits per heavy atom. The van der Waals surface area contributed by atoms with Gasteiger partial charge in [-0.3, -0.25) is 4.98 Å². The molecule has 0 fully saturated rings. The van der Waals surface area contributed by atoms with Gasteiger partial charge in [-0.15, -0.1) is 0 Å². The monoisotopic (exact) mass is 467 g/mol. The van der Waals surface area contributed by atoms with Crippen molar-refractivity contribution in [1.29, 1.82) is 0 Å². The molecule has 0 bridgehead atoms. The summed E-state index contributed by atoms with van der Waals surface area (Å²) in [7, 11) is 1.70. The fourth-order valence-electron chi connectivity index (χ4n) is 5.58. The van der Waals surface area contributed by atoms with Crippen LogP contribution in [-0.2, 0) is 6.42 Å². The van der Waals surface area contributed by atoms with Crippen molar-refractivity contribution in [3.63, 3.8) is 0 Å². The highest BCUT2D eigenvalue weighted by molar-refractivity contribution is 5.96. The predicted octanol–water partition coefficient (Wildman–Crippen LogP) is 7.62. The second-order valence-corrected chi connectivity index (χ2v) is 9.31. The molecule has 0 saturated carbocycles. The van der Waals surface area contributed by atoms with E-state index in [9.17, 15) is 0 Å². The van der Waals surface area contributed by atoms with Crippen molar-refractivity contribution in [2.45, 2.75) is 12.3 Å². The minimum Gasteiger partial charge on any atom is -0.497 e. The van der Waals surface area contributed by atoms with E-state index in [2.05, 4.69) is 94.9 Å². The van der Waals surface area contributed by atoms with Crippen LogP contribution in [0.5, 0.6) is 5.75 Å². The summed E-state index contributed by atoms with van der Waals surface area (Å²) in [4.78, 5) is 4.79. The van der Waals surface area contributed by atoms with Crippen LogP contribution in [0.1, 0.15) is 22.6 Å². The molecule has 2 aromatic heterocycles. The summed E-state index contributed by atoms with van der Waals surface area (Å²) in [6.45, 7) is 0. The Bertz CT molecular complexity index is 1730. The van der Waals surface area contributed by atoms with E-state index < -0.39 is 0 Å². The second kappa shape index (κ2) is 8.28. The molecule has 0 radical (unpaired) electrons. The van der Waals surface area contributed by atoms with Crippen LogP contribution >= 0.6 is 0 Å². The van der Waals surface area contributed by atoms with Crippen molar-refractivity contribution in [3.05, 3.63) is 126 Å². The zero-order valence-electron chi connectivity index (χ0n) is 20.0. The van der Waals surface area contributed by atoms with Gasteiger partial charge in [0.2, 0.25) is 0 Å². The topological polar surface area (TPSA) is 39.1 Å². The number of nitrogens with one attached hydrogen (secondary N) is 1. The highest BCUT2D eigenvalue weighted by atomic mass is 16.5. The molecule has 36 heavy (non-hydrogen) atoms. The highest BCUT2D eigenvalue weighted by Crippen LogP contribution is 2.45. The number of methoxy groups -OCH3 is 1. The fraction of sp³-hybridized carbons (Fsp3) is 0.0938. The number of nitrogens with zero attached hydrogens (tertiary/aromatic N) is 2. The van der Waals surface area contributed by atoms with Crippen LogP contribution in [0.15, 0.2) is 109 Å². The van der Waals surface area contributed by atoms with Gasteiger partial charge in [0.15, 0.2) is 0 Å². The molecule has 7 rings (SSSR count). The van der Waals surface area contributed by atoms with Crippen LogP contribution in [0, 0.1) is 0 Å². The zero-order valence-corrected chi connectivity index (χ0v) is 20.0. The summed E-state index contributed by atoms with van der Waals surface area (Å²) >= 11 is 0. The normalized spacial score (nSPS) is 14.6. The molecule has 0 amide bonds. The first-order chi connectivity index (χ1) is 17.8. The van der Waals surface area contributed by atoms with E-state index in [4.69, 9.17) is 9.72 Å². The van der Waals surface area contributed by atoms with Gasteiger partial charge >= 0.3 is 0 Å². The van der Waals surface area contributed by atoms with Crippen molar-refractivity contribution in [3.8, 4) is 11.4 Å².